The van der Waals surface area contributed by atoms with E-state index in [1.165, 1.54) is 0 Å². The number of pyridine rings is 1. The first-order chi connectivity index (χ1) is 9.24. The first-order valence-corrected chi connectivity index (χ1v) is 6.58. The van der Waals surface area contributed by atoms with Crippen molar-refractivity contribution in [2.75, 3.05) is 6.54 Å². The van der Waals surface area contributed by atoms with E-state index in [4.69, 9.17) is 0 Å². The third kappa shape index (κ3) is 3.01. The first kappa shape index (κ1) is 13.3. The van der Waals surface area contributed by atoms with Crippen molar-refractivity contribution in [3.63, 3.8) is 0 Å². The minimum Gasteiger partial charge on any atom is -0.337 e. The van der Waals surface area contributed by atoms with Crippen molar-refractivity contribution in [1.29, 1.82) is 0 Å². The first-order valence-electron chi connectivity index (χ1n) is 6.58. The van der Waals surface area contributed by atoms with Crippen molar-refractivity contribution in [3.8, 4) is 0 Å². The van der Waals surface area contributed by atoms with Crippen LogP contribution in [0.1, 0.15) is 32.6 Å². The van der Waals surface area contributed by atoms with Crippen molar-refractivity contribution in [1.82, 2.24) is 19.9 Å². The van der Waals surface area contributed by atoms with E-state index in [1.807, 2.05) is 0 Å². The Labute approximate surface area is 110 Å². The number of nitrogens with zero attached hydrogens (tertiary/aromatic N) is 2. The zero-order valence-corrected chi connectivity index (χ0v) is 11.0. The summed E-state index contributed by atoms with van der Waals surface area (Å²) in [5.74, 6) is 0. The van der Waals surface area contributed by atoms with E-state index in [-0.39, 0.29) is 0 Å². The van der Waals surface area contributed by atoms with Crippen LogP contribution in [-0.4, -0.2) is 27.1 Å². The molecule has 2 rings (SSSR count). The highest BCUT2D eigenvalue weighted by Crippen LogP contribution is 2.05. The van der Waals surface area contributed by atoms with Gasteiger partial charge in [-0.25, -0.2) is 19.1 Å². The van der Waals surface area contributed by atoms with Gasteiger partial charge in [-0.05, 0) is 18.6 Å². The number of hydrogen-bond donors (Lipinski definition) is 2. The summed E-state index contributed by atoms with van der Waals surface area (Å²) in [6, 6.07) is 2.98. The molecule has 2 heterocycles. The maximum atomic E-state index is 12.0. The van der Waals surface area contributed by atoms with Gasteiger partial charge < -0.3 is 5.32 Å². The average molecular weight is 262 g/mol. The van der Waals surface area contributed by atoms with Gasteiger partial charge in [-0.2, -0.15) is 0 Å². The molecule has 0 aliphatic rings. The normalized spacial score (nSPS) is 10.8. The van der Waals surface area contributed by atoms with Gasteiger partial charge in [-0.1, -0.05) is 26.2 Å². The van der Waals surface area contributed by atoms with E-state index in [1.54, 1.807) is 18.3 Å². The standard InChI is InChI=1S/C13H18N4O2/c1-2-3-4-5-8-15-12(18)17-10-7-6-9-14-11(10)16-13(17)19/h6-7,9H,2-5,8H2,1H3,(H,15,18)(H,14,16,19). The number of nitrogens with one attached hydrogen (secondary N) is 2. The summed E-state index contributed by atoms with van der Waals surface area (Å²) in [5, 5.41) is 2.75. The highest BCUT2D eigenvalue weighted by atomic mass is 16.2. The number of carbonyl (C=O) groups excluding carboxylic acids is 1. The SMILES string of the molecule is CCCCCCNC(=O)n1c(=O)[nH]c2ncccc21. The Hall–Kier alpha value is -2.11. The number of aromatic nitrogens is 3. The molecular weight excluding hydrogens is 244 g/mol. The number of carbonyl (C=O) groups is 1. The van der Waals surface area contributed by atoms with E-state index in [0.29, 0.717) is 17.7 Å². The lowest BCUT2D eigenvalue weighted by Crippen LogP contribution is -2.35. The van der Waals surface area contributed by atoms with Gasteiger partial charge in [0.05, 0.1) is 5.52 Å². The van der Waals surface area contributed by atoms with Crippen LogP contribution in [0.15, 0.2) is 23.1 Å². The third-order valence-corrected chi connectivity index (χ3v) is 2.97. The second kappa shape index (κ2) is 6.17. The zero-order valence-electron chi connectivity index (χ0n) is 11.0. The van der Waals surface area contributed by atoms with Crippen LogP contribution in [-0.2, 0) is 0 Å². The molecule has 0 saturated heterocycles. The molecule has 2 aromatic rings. The molecule has 2 N–H and O–H groups in total. The number of imidazole rings is 1. The molecule has 102 valence electrons. The van der Waals surface area contributed by atoms with Crippen LogP contribution in [0, 0.1) is 0 Å². The molecule has 0 aromatic carbocycles. The van der Waals surface area contributed by atoms with Gasteiger partial charge in [-0.3, -0.25) is 4.98 Å². The molecule has 0 bridgehead atoms. The highest BCUT2D eigenvalue weighted by molar-refractivity contribution is 5.87. The van der Waals surface area contributed by atoms with Crippen molar-refractivity contribution >= 4 is 17.2 Å². The fourth-order valence-electron chi connectivity index (χ4n) is 1.97. The molecule has 0 saturated carbocycles. The van der Waals surface area contributed by atoms with Gasteiger partial charge in [0.2, 0.25) is 0 Å². The Morgan fingerprint density at radius 1 is 1.42 bits per heavy atom. The summed E-state index contributed by atoms with van der Waals surface area (Å²) in [6.07, 6.45) is 5.90. The summed E-state index contributed by atoms with van der Waals surface area (Å²) < 4.78 is 1.09. The fourth-order valence-corrected chi connectivity index (χ4v) is 1.97. The molecule has 0 aliphatic heterocycles. The summed E-state index contributed by atoms with van der Waals surface area (Å²) in [6.45, 7) is 2.72. The molecule has 1 amide bonds. The van der Waals surface area contributed by atoms with Crippen molar-refractivity contribution in [3.05, 3.63) is 28.8 Å². The highest BCUT2D eigenvalue weighted by Gasteiger charge is 2.13. The minimum atomic E-state index is -0.459. The maximum absolute atomic E-state index is 12.0. The molecule has 0 atom stereocenters. The van der Waals surface area contributed by atoms with Gasteiger partial charge in [0.15, 0.2) is 5.65 Å². The summed E-state index contributed by atoms with van der Waals surface area (Å²) in [5.41, 5.74) is 0.465. The Bertz CT molecular complexity index is 614. The number of hydrogen-bond acceptors (Lipinski definition) is 3. The molecular formula is C13H18N4O2. The second-order valence-corrected chi connectivity index (χ2v) is 4.43. The van der Waals surface area contributed by atoms with E-state index in [2.05, 4.69) is 22.2 Å². The molecule has 6 heteroatoms. The van der Waals surface area contributed by atoms with Gasteiger partial charge >= 0.3 is 11.7 Å². The van der Waals surface area contributed by atoms with E-state index in [0.717, 1.165) is 30.3 Å². The number of amides is 1. The van der Waals surface area contributed by atoms with Gasteiger partial charge in [0.25, 0.3) is 0 Å². The maximum Gasteiger partial charge on any atom is 0.336 e. The van der Waals surface area contributed by atoms with E-state index in [9.17, 15) is 9.59 Å². The molecule has 0 fully saturated rings. The zero-order chi connectivity index (χ0) is 13.7. The van der Waals surface area contributed by atoms with E-state index >= 15 is 0 Å². The fraction of sp³-hybridized carbons (Fsp3) is 0.462. The van der Waals surface area contributed by atoms with Gasteiger partial charge in [0.1, 0.15) is 0 Å². The quantitative estimate of drug-likeness (QED) is 0.807. The van der Waals surface area contributed by atoms with Crippen molar-refractivity contribution < 1.29 is 4.79 Å². The van der Waals surface area contributed by atoms with Crippen LogP contribution >= 0.6 is 0 Å². The molecule has 0 aliphatic carbocycles. The average Bonchev–Trinajstić information content (AvgIpc) is 2.74. The Morgan fingerprint density at radius 2 is 2.26 bits per heavy atom. The van der Waals surface area contributed by atoms with Gasteiger partial charge in [0, 0.05) is 12.7 Å². The minimum absolute atomic E-state index is 0.402. The number of aromatic amines is 1. The van der Waals surface area contributed by atoms with Crippen molar-refractivity contribution in [2.45, 2.75) is 32.6 Å². The van der Waals surface area contributed by atoms with Crippen LogP contribution in [0.4, 0.5) is 4.79 Å². The monoisotopic (exact) mass is 262 g/mol. The smallest absolute Gasteiger partial charge is 0.336 e. The van der Waals surface area contributed by atoms with Crippen molar-refractivity contribution in [2.24, 2.45) is 0 Å². The van der Waals surface area contributed by atoms with Gasteiger partial charge in [-0.15, -0.1) is 0 Å². The molecule has 6 nitrogen and oxygen atoms in total. The van der Waals surface area contributed by atoms with Crippen LogP contribution in [0.3, 0.4) is 0 Å². The lowest BCUT2D eigenvalue weighted by atomic mass is 10.2. The lowest BCUT2D eigenvalue weighted by Gasteiger charge is -2.05. The number of rotatable bonds is 5. The summed E-state index contributed by atoms with van der Waals surface area (Å²) in [7, 11) is 0. The molecule has 0 spiro atoms. The topological polar surface area (TPSA) is 79.8 Å². The predicted octanol–water partition coefficient (Wildman–Crippen LogP) is 1.86. The van der Waals surface area contributed by atoms with Crippen LogP contribution < -0.4 is 11.0 Å². The largest absolute Gasteiger partial charge is 0.337 e. The Balaban J connectivity index is 2.05. The predicted molar refractivity (Wildman–Crippen MR) is 73.3 cm³/mol. The second-order valence-electron chi connectivity index (χ2n) is 4.43. The molecule has 2 aromatic heterocycles. The summed E-state index contributed by atoms with van der Waals surface area (Å²) in [4.78, 5) is 30.3. The molecule has 0 radical (unpaired) electrons. The number of H-pyrrole nitrogens is 1. The van der Waals surface area contributed by atoms with Crippen LogP contribution in [0.2, 0.25) is 0 Å². The number of fused-ring (bicyclic) bond motifs is 1. The van der Waals surface area contributed by atoms with E-state index < -0.39 is 11.7 Å². The Morgan fingerprint density at radius 3 is 3.05 bits per heavy atom. The van der Waals surface area contributed by atoms with Crippen LogP contribution in [0.25, 0.3) is 11.2 Å². The third-order valence-electron chi connectivity index (χ3n) is 2.97. The molecule has 19 heavy (non-hydrogen) atoms. The summed E-state index contributed by atoms with van der Waals surface area (Å²) >= 11 is 0. The Kier molecular flexibility index (Phi) is 4.33. The lowest BCUT2D eigenvalue weighted by molar-refractivity contribution is 0.242. The van der Waals surface area contributed by atoms with Crippen LogP contribution in [0.5, 0.6) is 0 Å². The molecule has 0 unspecified atom stereocenters. The number of unbranched alkanes of at least 4 members (excludes halogenated alkanes) is 3.